The highest BCUT2D eigenvalue weighted by Crippen LogP contribution is 2.23. The second-order valence-electron chi connectivity index (χ2n) is 3.72. The van der Waals surface area contributed by atoms with E-state index in [1.54, 1.807) is 6.20 Å². The highest BCUT2D eigenvalue weighted by Gasteiger charge is 2.16. The molecular weight excluding hydrogens is 184 g/mol. The first kappa shape index (κ1) is 8.36. The molecule has 0 saturated carbocycles. The Hall–Kier alpha value is -1.96. The molecule has 0 atom stereocenters. The summed E-state index contributed by atoms with van der Waals surface area (Å²) in [7, 11) is 0. The van der Waals surface area contributed by atoms with Gasteiger partial charge in [0.1, 0.15) is 0 Å². The molecule has 0 unspecified atom stereocenters. The van der Waals surface area contributed by atoms with E-state index in [1.807, 2.05) is 12.2 Å². The molecule has 0 amide bonds. The van der Waals surface area contributed by atoms with E-state index in [0.717, 1.165) is 22.7 Å². The maximum absolute atomic E-state index is 4.51. The van der Waals surface area contributed by atoms with Crippen molar-refractivity contribution in [3.05, 3.63) is 53.7 Å². The number of nitrogens with zero attached hydrogens (tertiary/aromatic N) is 2. The lowest BCUT2D eigenvalue weighted by Crippen LogP contribution is -1.98. The van der Waals surface area contributed by atoms with Crippen molar-refractivity contribution in [2.45, 2.75) is 6.92 Å². The van der Waals surface area contributed by atoms with E-state index in [2.05, 4.69) is 41.2 Å². The van der Waals surface area contributed by atoms with Gasteiger partial charge >= 0.3 is 0 Å². The first-order valence-corrected chi connectivity index (χ1v) is 4.95. The van der Waals surface area contributed by atoms with E-state index in [9.17, 15) is 0 Å². The van der Waals surface area contributed by atoms with Crippen molar-refractivity contribution >= 4 is 17.1 Å². The molecule has 0 fully saturated rings. The van der Waals surface area contributed by atoms with E-state index >= 15 is 0 Å². The average Bonchev–Trinajstić information content (AvgIpc) is 2.78. The topological polar surface area (TPSA) is 24.7 Å². The molecule has 0 radical (unpaired) electrons. The van der Waals surface area contributed by atoms with Gasteiger partial charge in [0.05, 0.1) is 17.1 Å². The molecule has 1 aromatic carbocycles. The Labute approximate surface area is 88.4 Å². The fourth-order valence-electron chi connectivity index (χ4n) is 1.71. The van der Waals surface area contributed by atoms with Crippen LogP contribution in [0.4, 0.5) is 0 Å². The molecule has 0 saturated heterocycles. The predicted octanol–water partition coefficient (Wildman–Crippen LogP) is 2.76. The van der Waals surface area contributed by atoms with Crippen molar-refractivity contribution < 1.29 is 0 Å². The van der Waals surface area contributed by atoms with Crippen molar-refractivity contribution in [2.24, 2.45) is 9.98 Å². The highest BCUT2D eigenvalue weighted by atomic mass is 14.9. The maximum Gasteiger partial charge on any atom is 0.0909 e. The minimum absolute atomic E-state index is 0.977. The van der Waals surface area contributed by atoms with Crippen molar-refractivity contribution in [1.82, 2.24) is 0 Å². The summed E-state index contributed by atoms with van der Waals surface area (Å²) in [5, 5.41) is 0. The molecule has 2 aliphatic heterocycles. The molecule has 0 N–H and O–H groups in total. The standard InChI is InChI=1S/C13H10N2/c1-9-2-4-10(5-3-9)12-8-13-11(15-12)6-7-14-13/h2-8H,1H3. The van der Waals surface area contributed by atoms with Gasteiger partial charge in [-0.2, -0.15) is 0 Å². The summed E-state index contributed by atoms with van der Waals surface area (Å²) in [5.41, 5.74) is 5.38. The summed E-state index contributed by atoms with van der Waals surface area (Å²) in [6.07, 6.45) is 5.75. The van der Waals surface area contributed by atoms with E-state index in [0.29, 0.717) is 0 Å². The predicted molar refractivity (Wildman–Crippen MR) is 63.2 cm³/mol. The molecule has 2 aliphatic rings. The van der Waals surface area contributed by atoms with Crippen LogP contribution in [0.3, 0.4) is 0 Å². The highest BCUT2D eigenvalue weighted by molar-refractivity contribution is 6.55. The zero-order valence-electron chi connectivity index (χ0n) is 8.44. The van der Waals surface area contributed by atoms with E-state index in [4.69, 9.17) is 0 Å². The van der Waals surface area contributed by atoms with Crippen LogP contribution in [-0.2, 0) is 0 Å². The molecule has 2 heterocycles. The van der Waals surface area contributed by atoms with E-state index in [-0.39, 0.29) is 0 Å². The van der Waals surface area contributed by atoms with Crippen LogP contribution in [-0.4, -0.2) is 11.4 Å². The zero-order chi connectivity index (χ0) is 10.3. The van der Waals surface area contributed by atoms with E-state index < -0.39 is 0 Å². The quantitative estimate of drug-likeness (QED) is 0.656. The minimum Gasteiger partial charge on any atom is -0.254 e. The lowest BCUT2D eigenvalue weighted by Gasteiger charge is -1.98. The van der Waals surface area contributed by atoms with Gasteiger partial charge < -0.3 is 0 Å². The number of hydrogen-bond donors (Lipinski definition) is 0. The average molecular weight is 194 g/mol. The van der Waals surface area contributed by atoms with Crippen LogP contribution < -0.4 is 0 Å². The number of benzene rings is 1. The fourth-order valence-corrected chi connectivity index (χ4v) is 1.71. The van der Waals surface area contributed by atoms with Crippen LogP contribution in [0, 0.1) is 6.92 Å². The van der Waals surface area contributed by atoms with Gasteiger partial charge in [0, 0.05) is 11.8 Å². The van der Waals surface area contributed by atoms with Gasteiger partial charge in [0.2, 0.25) is 0 Å². The number of fused-ring (bicyclic) bond motifs is 1. The summed E-state index contributed by atoms with van der Waals surface area (Å²) in [6, 6.07) is 8.39. The molecule has 2 heteroatoms. The van der Waals surface area contributed by atoms with Crippen LogP contribution in [0.25, 0.3) is 5.70 Å². The van der Waals surface area contributed by atoms with Gasteiger partial charge in [0.25, 0.3) is 0 Å². The molecule has 15 heavy (non-hydrogen) atoms. The fraction of sp³-hybridized carbons (Fsp3) is 0.0769. The van der Waals surface area contributed by atoms with Crippen LogP contribution in [0.2, 0.25) is 0 Å². The van der Waals surface area contributed by atoms with Crippen LogP contribution in [0.1, 0.15) is 11.1 Å². The van der Waals surface area contributed by atoms with Gasteiger partial charge in [-0.25, -0.2) is 4.99 Å². The van der Waals surface area contributed by atoms with Crippen molar-refractivity contribution in [3.63, 3.8) is 0 Å². The van der Waals surface area contributed by atoms with Gasteiger partial charge in [-0.3, -0.25) is 4.99 Å². The van der Waals surface area contributed by atoms with E-state index in [1.165, 1.54) is 5.56 Å². The lowest BCUT2D eigenvalue weighted by molar-refractivity contribution is 1.43. The summed E-state index contributed by atoms with van der Waals surface area (Å²) in [6.45, 7) is 2.08. The zero-order valence-corrected chi connectivity index (χ0v) is 8.44. The monoisotopic (exact) mass is 194 g/mol. The normalized spacial score (nSPS) is 17.3. The van der Waals surface area contributed by atoms with Crippen molar-refractivity contribution in [2.75, 3.05) is 0 Å². The Balaban J connectivity index is 2.01. The number of hydrogen-bond acceptors (Lipinski definition) is 2. The van der Waals surface area contributed by atoms with Crippen molar-refractivity contribution in [3.8, 4) is 0 Å². The Bertz CT molecular complexity index is 528. The second-order valence-corrected chi connectivity index (χ2v) is 3.72. The number of aliphatic imine (C=N–C) groups is 2. The minimum atomic E-state index is 0.977. The van der Waals surface area contributed by atoms with Gasteiger partial charge in [-0.05, 0) is 19.1 Å². The first-order valence-electron chi connectivity index (χ1n) is 4.95. The molecule has 0 spiro atoms. The molecular formula is C13H10N2. The van der Waals surface area contributed by atoms with Gasteiger partial charge in [-0.15, -0.1) is 0 Å². The third-order valence-corrected chi connectivity index (χ3v) is 2.57. The third kappa shape index (κ3) is 1.34. The lowest BCUT2D eigenvalue weighted by atomic mass is 10.1. The number of aryl methyl sites for hydroxylation is 1. The van der Waals surface area contributed by atoms with Crippen LogP contribution in [0.15, 0.2) is 52.6 Å². The molecule has 0 bridgehead atoms. The smallest absolute Gasteiger partial charge is 0.0909 e. The summed E-state index contributed by atoms with van der Waals surface area (Å²) >= 11 is 0. The molecule has 0 aliphatic carbocycles. The number of allylic oxidation sites excluding steroid dienone is 2. The third-order valence-electron chi connectivity index (χ3n) is 2.57. The molecule has 72 valence electrons. The number of rotatable bonds is 1. The largest absolute Gasteiger partial charge is 0.254 e. The summed E-state index contributed by atoms with van der Waals surface area (Å²) in [5.74, 6) is 0. The summed E-state index contributed by atoms with van der Waals surface area (Å²) in [4.78, 5) is 8.73. The Morgan fingerprint density at radius 3 is 2.53 bits per heavy atom. The van der Waals surface area contributed by atoms with Crippen LogP contribution in [0.5, 0.6) is 0 Å². The van der Waals surface area contributed by atoms with Crippen molar-refractivity contribution in [1.29, 1.82) is 0 Å². The Kier molecular flexibility index (Phi) is 1.68. The maximum atomic E-state index is 4.51. The van der Waals surface area contributed by atoms with Gasteiger partial charge in [0.15, 0.2) is 0 Å². The molecule has 1 aromatic rings. The molecule has 2 nitrogen and oxygen atoms in total. The Morgan fingerprint density at radius 1 is 1.00 bits per heavy atom. The molecule has 0 aromatic heterocycles. The van der Waals surface area contributed by atoms with Crippen LogP contribution >= 0.6 is 0 Å². The molecule has 3 rings (SSSR count). The first-order chi connectivity index (χ1) is 7.33. The Morgan fingerprint density at radius 2 is 1.80 bits per heavy atom. The summed E-state index contributed by atoms with van der Waals surface area (Å²) < 4.78 is 0. The second kappa shape index (κ2) is 3.02. The SMILES string of the molecule is Cc1ccc(C2=CC3=NC=CC3=N2)cc1. The van der Waals surface area contributed by atoms with Gasteiger partial charge in [-0.1, -0.05) is 29.8 Å².